The van der Waals surface area contributed by atoms with Crippen LogP contribution in [0.25, 0.3) is 11.0 Å². The molecular formula is C38H50N8O5. The molecule has 0 unspecified atom stereocenters. The molecule has 13 heteroatoms. The van der Waals surface area contributed by atoms with E-state index >= 15 is 0 Å². The maximum Gasteiger partial charge on any atom is 0.259 e. The second kappa shape index (κ2) is 17.7. The monoisotopic (exact) mass is 698 g/mol. The first kappa shape index (κ1) is 37.1. The van der Waals surface area contributed by atoms with Gasteiger partial charge in [0.25, 0.3) is 11.8 Å². The number of imidazole rings is 1. The van der Waals surface area contributed by atoms with Crippen LogP contribution < -0.4 is 30.3 Å². The maximum atomic E-state index is 13.7. The Balaban J connectivity index is 1.19. The summed E-state index contributed by atoms with van der Waals surface area (Å²) in [7, 11) is 7.13. The molecule has 3 amide bonds. The Morgan fingerprint density at radius 1 is 0.961 bits per heavy atom. The zero-order valence-corrected chi connectivity index (χ0v) is 30.3. The number of aromatic nitrogens is 2. The molecule has 0 spiro atoms. The quantitative estimate of drug-likeness (QED) is 0.122. The molecule has 1 aliphatic rings. The summed E-state index contributed by atoms with van der Waals surface area (Å²) in [6, 6.07) is 16.0. The van der Waals surface area contributed by atoms with Crippen LogP contribution in [0.1, 0.15) is 52.0 Å². The van der Waals surface area contributed by atoms with Crippen LogP contribution in [0, 0.1) is 6.92 Å². The van der Waals surface area contributed by atoms with Gasteiger partial charge in [0.2, 0.25) is 11.9 Å². The molecule has 0 atom stereocenters. The van der Waals surface area contributed by atoms with Gasteiger partial charge in [-0.3, -0.25) is 14.4 Å². The summed E-state index contributed by atoms with van der Waals surface area (Å²) in [5.41, 5.74) is 4.22. The summed E-state index contributed by atoms with van der Waals surface area (Å²) in [5, 5.41) is 9.25. The zero-order valence-electron chi connectivity index (χ0n) is 30.3. The second-order valence-corrected chi connectivity index (χ2v) is 12.9. The molecule has 4 aromatic rings. The van der Waals surface area contributed by atoms with Crippen LogP contribution in [0.2, 0.25) is 0 Å². The number of para-hydroxylation sites is 1. The largest absolute Gasteiger partial charge is 0.496 e. The second-order valence-electron chi connectivity index (χ2n) is 12.9. The van der Waals surface area contributed by atoms with E-state index in [0.29, 0.717) is 53.7 Å². The van der Waals surface area contributed by atoms with Gasteiger partial charge >= 0.3 is 0 Å². The number of benzene rings is 3. The highest BCUT2D eigenvalue weighted by atomic mass is 16.5. The number of nitrogens with one attached hydrogen (secondary N) is 4. The third-order valence-electron chi connectivity index (χ3n) is 9.05. The summed E-state index contributed by atoms with van der Waals surface area (Å²) in [6.07, 6.45) is 3.04. The fourth-order valence-corrected chi connectivity index (χ4v) is 5.99. The number of H-pyrrole nitrogens is 1. The Morgan fingerprint density at radius 2 is 1.76 bits per heavy atom. The van der Waals surface area contributed by atoms with E-state index in [1.807, 2.05) is 49.2 Å². The summed E-state index contributed by atoms with van der Waals surface area (Å²) in [4.78, 5) is 53.3. The Kier molecular flexibility index (Phi) is 12.9. The lowest BCUT2D eigenvalue weighted by Gasteiger charge is -2.32. The van der Waals surface area contributed by atoms with Crippen LogP contribution in [0.3, 0.4) is 0 Å². The number of hydrogen-bond acceptors (Lipinski definition) is 9. The van der Waals surface area contributed by atoms with Crippen molar-refractivity contribution in [2.45, 2.75) is 32.6 Å². The highest BCUT2D eigenvalue weighted by Crippen LogP contribution is 2.32. The van der Waals surface area contributed by atoms with Gasteiger partial charge in [-0.2, -0.15) is 0 Å². The Hall–Kier alpha value is -5.14. The summed E-state index contributed by atoms with van der Waals surface area (Å²) < 4.78 is 11.8. The van der Waals surface area contributed by atoms with Gasteiger partial charge in [-0.15, -0.1) is 0 Å². The smallest absolute Gasteiger partial charge is 0.259 e. The fourth-order valence-electron chi connectivity index (χ4n) is 5.99. The lowest BCUT2D eigenvalue weighted by Crippen LogP contribution is -2.47. The molecule has 5 rings (SSSR count). The van der Waals surface area contributed by atoms with Crippen molar-refractivity contribution in [1.82, 2.24) is 25.1 Å². The summed E-state index contributed by atoms with van der Waals surface area (Å²) in [6.45, 7) is 7.36. The van der Waals surface area contributed by atoms with E-state index in [2.05, 4.69) is 37.9 Å². The molecule has 0 radical (unpaired) electrons. The number of piperazine rings is 1. The first-order chi connectivity index (χ1) is 24.7. The van der Waals surface area contributed by atoms with Crippen molar-refractivity contribution in [3.63, 3.8) is 0 Å². The number of amides is 3. The lowest BCUT2D eigenvalue weighted by molar-refractivity contribution is -0.132. The third-order valence-corrected chi connectivity index (χ3v) is 9.05. The van der Waals surface area contributed by atoms with Crippen LogP contribution in [-0.2, 0) is 4.79 Å². The number of rotatable bonds is 16. The number of methoxy groups -OCH3 is 1. The van der Waals surface area contributed by atoms with Crippen molar-refractivity contribution >= 4 is 46.1 Å². The van der Waals surface area contributed by atoms with Crippen LogP contribution in [0.4, 0.5) is 17.3 Å². The van der Waals surface area contributed by atoms with E-state index < -0.39 is 5.91 Å². The SMILES string of the molecule is CNCCNc1nc2c(NC(=O)c3ccc(C(=O)N(C)c4ccc(C)cc4OCCCCCC(=O)N4CCN(C)CC4)cc3OC)cccc2[nH]1. The van der Waals surface area contributed by atoms with Gasteiger partial charge in [-0.1, -0.05) is 12.1 Å². The van der Waals surface area contributed by atoms with Gasteiger partial charge in [-0.25, -0.2) is 4.98 Å². The topological polar surface area (TPSA) is 144 Å². The zero-order chi connectivity index (χ0) is 36.3. The van der Waals surface area contributed by atoms with Crippen molar-refractivity contribution in [3.8, 4) is 11.5 Å². The number of nitrogens with zero attached hydrogens (tertiary/aromatic N) is 4. The maximum absolute atomic E-state index is 13.7. The summed E-state index contributed by atoms with van der Waals surface area (Å²) >= 11 is 0. The molecule has 0 bridgehead atoms. The van der Waals surface area contributed by atoms with E-state index in [1.165, 1.54) is 7.11 Å². The van der Waals surface area contributed by atoms with Crippen LogP contribution in [-0.4, -0.2) is 112 Å². The first-order valence-electron chi connectivity index (χ1n) is 17.5. The van der Waals surface area contributed by atoms with E-state index in [-0.39, 0.29) is 23.1 Å². The molecule has 1 fully saturated rings. The predicted octanol–water partition coefficient (Wildman–Crippen LogP) is 4.75. The Morgan fingerprint density at radius 3 is 2.53 bits per heavy atom. The molecule has 272 valence electrons. The van der Waals surface area contributed by atoms with E-state index in [4.69, 9.17) is 9.47 Å². The number of anilines is 3. The van der Waals surface area contributed by atoms with Crippen molar-refractivity contribution in [3.05, 3.63) is 71.3 Å². The molecule has 51 heavy (non-hydrogen) atoms. The molecule has 13 nitrogen and oxygen atoms in total. The normalized spacial score (nSPS) is 13.2. The van der Waals surface area contributed by atoms with Crippen molar-refractivity contribution < 1.29 is 23.9 Å². The van der Waals surface area contributed by atoms with Crippen molar-refractivity contribution in [1.29, 1.82) is 0 Å². The molecule has 1 aromatic heterocycles. The number of aryl methyl sites for hydroxylation is 1. The average molecular weight is 699 g/mol. The standard InChI is InChI=1S/C38H50N8O5/c1-26-13-16-31(33(24-26)51-23-8-6-7-12-34(47)46-21-19-44(3)20-22-46)45(4)37(49)27-14-15-28(32(25-27)50-5)36(48)41-29-10-9-11-30-35(29)43-38(42-30)40-18-17-39-2/h9-11,13-16,24-25,39H,6-8,12,17-23H2,1-5H3,(H,41,48)(H2,40,42,43). The molecule has 0 aliphatic carbocycles. The molecular weight excluding hydrogens is 648 g/mol. The average Bonchev–Trinajstić information content (AvgIpc) is 3.56. The summed E-state index contributed by atoms with van der Waals surface area (Å²) in [5.74, 6) is 1.04. The fraction of sp³-hybridized carbons (Fsp3) is 0.421. The number of aromatic amines is 1. The Labute approximate surface area is 299 Å². The molecule has 1 saturated heterocycles. The number of carbonyl (C=O) groups is 3. The first-order valence-corrected chi connectivity index (χ1v) is 17.5. The molecule has 2 heterocycles. The van der Waals surface area contributed by atoms with E-state index in [0.717, 1.165) is 63.1 Å². The highest BCUT2D eigenvalue weighted by molar-refractivity contribution is 6.11. The Bertz CT molecular complexity index is 1820. The number of unbranched alkanes of at least 4 members (excludes halogenated alkanes) is 2. The highest BCUT2D eigenvalue weighted by Gasteiger charge is 2.22. The molecule has 4 N–H and O–H groups in total. The van der Waals surface area contributed by atoms with Crippen LogP contribution in [0.15, 0.2) is 54.6 Å². The molecule has 0 saturated carbocycles. The minimum Gasteiger partial charge on any atom is -0.496 e. The minimum atomic E-state index is -0.391. The minimum absolute atomic E-state index is 0.227. The third kappa shape index (κ3) is 9.56. The van der Waals surface area contributed by atoms with Crippen LogP contribution >= 0.6 is 0 Å². The number of fused-ring (bicyclic) bond motifs is 1. The number of hydrogen-bond donors (Lipinski definition) is 4. The van der Waals surface area contributed by atoms with Gasteiger partial charge in [0.15, 0.2) is 0 Å². The van der Waals surface area contributed by atoms with Gasteiger partial charge in [-0.05, 0) is 88.3 Å². The van der Waals surface area contributed by atoms with E-state index in [9.17, 15) is 14.4 Å². The van der Waals surface area contributed by atoms with Crippen molar-refractivity contribution in [2.75, 3.05) is 89.7 Å². The lowest BCUT2D eigenvalue weighted by atomic mass is 10.1. The predicted molar refractivity (Wildman–Crippen MR) is 201 cm³/mol. The number of ether oxygens (including phenoxy) is 2. The van der Waals surface area contributed by atoms with Crippen molar-refractivity contribution in [2.24, 2.45) is 0 Å². The molecule has 1 aliphatic heterocycles. The van der Waals surface area contributed by atoms with Gasteiger partial charge < -0.3 is 45.1 Å². The van der Waals surface area contributed by atoms with Crippen LogP contribution in [0.5, 0.6) is 11.5 Å². The van der Waals surface area contributed by atoms with Gasteiger partial charge in [0.05, 0.1) is 36.2 Å². The van der Waals surface area contributed by atoms with Gasteiger partial charge in [0.1, 0.15) is 17.0 Å². The van der Waals surface area contributed by atoms with E-state index in [1.54, 1.807) is 36.2 Å². The number of carbonyl (C=O) groups excluding carboxylic acids is 3. The van der Waals surface area contributed by atoms with Gasteiger partial charge in [0, 0.05) is 58.3 Å². The molecule has 3 aromatic carbocycles. The number of likely N-dealkylation sites (N-methyl/N-ethyl adjacent to an activating group) is 2.